The van der Waals surface area contributed by atoms with Crippen molar-refractivity contribution in [2.45, 2.75) is 31.1 Å². The van der Waals surface area contributed by atoms with Crippen LogP contribution in [0.1, 0.15) is 19.8 Å². The summed E-state index contributed by atoms with van der Waals surface area (Å²) in [7, 11) is 0. The number of nitrogens with zero attached hydrogens (tertiary/aromatic N) is 1. The molecule has 0 bridgehead atoms. The van der Waals surface area contributed by atoms with E-state index in [1.54, 1.807) is 0 Å². The van der Waals surface area contributed by atoms with Crippen LogP contribution in [0.5, 0.6) is 0 Å². The SMILES string of the molecule is CC1CC(NCCC(=O)N2CCOCC2)CS1. The lowest BCUT2D eigenvalue weighted by Gasteiger charge is -2.27. The molecule has 0 saturated carbocycles. The highest BCUT2D eigenvalue weighted by atomic mass is 32.2. The number of carbonyl (C=O) groups is 1. The lowest BCUT2D eigenvalue weighted by atomic mass is 10.2. The topological polar surface area (TPSA) is 41.6 Å². The maximum Gasteiger partial charge on any atom is 0.224 e. The number of amides is 1. The van der Waals surface area contributed by atoms with Gasteiger partial charge in [0.1, 0.15) is 0 Å². The molecule has 0 aromatic rings. The second-order valence-corrected chi connectivity index (χ2v) is 6.25. The average Bonchev–Trinajstić information content (AvgIpc) is 2.76. The Kier molecular flexibility index (Phi) is 5.13. The first kappa shape index (κ1) is 13.2. The van der Waals surface area contributed by atoms with Gasteiger partial charge in [0.2, 0.25) is 5.91 Å². The van der Waals surface area contributed by atoms with Gasteiger partial charge in [0.05, 0.1) is 13.2 Å². The molecule has 0 aromatic heterocycles. The molecule has 0 aromatic carbocycles. The van der Waals surface area contributed by atoms with Crippen molar-refractivity contribution in [1.82, 2.24) is 10.2 Å². The molecule has 2 fully saturated rings. The third kappa shape index (κ3) is 4.16. The maximum atomic E-state index is 11.9. The number of hydrogen-bond acceptors (Lipinski definition) is 4. The third-order valence-electron chi connectivity index (χ3n) is 3.33. The highest BCUT2D eigenvalue weighted by Gasteiger charge is 2.22. The second kappa shape index (κ2) is 6.61. The van der Waals surface area contributed by atoms with Crippen LogP contribution < -0.4 is 5.32 Å². The van der Waals surface area contributed by atoms with E-state index in [0.717, 1.165) is 24.9 Å². The molecule has 2 heterocycles. The Labute approximate surface area is 107 Å². The van der Waals surface area contributed by atoms with E-state index in [9.17, 15) is 4.79 Å². The van der Waals surface area contributed by atoms with E-state index < -0.39 is 0 Å². The van der Waals surface area contributed by atoms with E-state index in [1.165, 1.54) is 12.2 Å². The standard InChI is InChI=1S/C12H22N2O2S/c1-10-8-11(9-17-10)13-3-2-12(15)14-4-6-16-7-5-14/h10-11,13H,2-9H2,1H3. The lowest BCUT2D eigenvalue weighted by Crippen LogP contribution is -2.42. The smallest absolute Gasteiger partial charge is 0.224 e. The van der Waals surface area contributed by atoms with E-state index in [4.69, 9.17) is 4.74 Å². The summed E-state index contributed by atoms with van der Waals surface area (Å²) in [5, 5.41) is 4.25. The Morgan fingerprint density at radius 3 is 2.88 bits per heavy atom. The number of ether oxygens (including phenoxy) is 1. The van der Waals surface area contributed by atoms with Crippen molar-refractivity contribution in [3.63, 3.8) is 0 Å². The van der Waals surface area contributed by atoms with Gasteiger partial charge in [0.25, 0.3) is 0 Å². The van der Waals surface area contributed by atoms with Gasteiger partial charge in [-0.2, -0.15) is 11.8 Å². The second-order valence-electron chi connectivity index (χ2n) is 4.77. The highest BCUT2D eigenvalue weighted by molar-refractivity contribution is 8.00. The minimum atomic E-state index is 0.263. The minimum Gasteiger partial charge on any atom is -0.378 e. The van der Waals surface area contributed by atoms with Crippen LogP contribution in [0.4, 0.5) is 0 Å². The predicted octanol–water partition coefficient (Wildman–Crippen LogP) is 0.719. The number of rotatable bonds is 4. The minimum absolute atomic E-state index is 0.263. The molecule has 2 aliphatic heterocycles. The summed E-state index contributed by atoms with van der Waals surface area (Å²) >= 11 is 2.02. The van der Waals surface area contributed by atoms with E-state index >= 15 is 0 Å². The van der Waals surface area contributed by atoms with E-state index in [1.807, 2.05) is 16.7 Å². The van der Waals surface area contributed by atoms with Crippen molar-refractivity contribution in [1.29, 1.82) is 0 Å². The highest BCUT2D eigenvalue weighted by Crippen LogP contribution is 2.25. The van der Waals surface area contributed by atoms with E-state index in [-0.39, 0.29) is 5.91 Å². The van der Waals surface area contributed by atoms with Crippen LogP contribution in [0.2, 0.25) is 0 Å². The zero-order valence-electron chi connectivity index (χ0n) is 10.5. The normalized spacial score (nSPS) is 29.6. The molecule has 98 valence electrons. The van der Waals surface area contributed by atoms with Crippen LogP contribution in [0.3, 0.4) is 0 Å². The Morgan fingerprint density at radius 1 is 1.47 bits per heavy atom. The molecule has 0 spiro atoms. The monoisotopic (exact) mass is 258 g/mol. The lowest BCUT2D eigenvalue weighted by molar-refractivity contribution is -0.135. The van der Waals surface area contributed by atoms with Crippen LogP contribution in [0, 0.1) is 0 Å². The molecule has 2 atom stereocenters. The predicted molar refractivity (Wildman–Crippen MR) is 70.3 cm³/mol. The van der Waals surface area contributed by atoms with Crippen molar-refractivity contribution in [2.24, 2.45) is 0 Å². The third-order valence-corrected chi connectivity index (χ3v) is 4.69. The summed E-state index contributed by atoms with van der Waals surface area (Å²) in [6, 6.07) is 0.604. The van der Waals surface area contributed by atoms with Crippen LogP contribution in [0.25, 0.3) is 0 Å². The van der Waals surface area contributed by atoms with Crippen molar-refractivity contribution < 1.29 is 9.53 Å². The fourth-order valence-electron chi connectivity index (χ4n) is 2.31. The van der Waals surface area contributed by atoms with Crippen molar-refractivity contribution in [2.75, 3.05) is 38.6 Å². The summed E-state index contributed by atoms with van der Waals surface area (Å²) in [5.41, 5.74) is 0. The van der Waals surface area contributed by atoms with Gasteiger partial charge in [0, 0.05) is 43.1 Å². The van der Waals surface area contributed by atoms with Gasteiger partial charge in [0.15, 0.2) is 0 Å². The molecule has 2 unspecified atom stereocenters. The molecule has 1 N–H and O–H groups in total. The summed E-state index contributed by atoms with van der Waals surface area (Å²) < 4.78 is 5.24. The van der Waals surface area contributed by atoms with Crippen molar-refractivity contribution >= 4 is 17.7 Å². The van der Waals surface area contributed by atoms with Crippen LogP contribution in [-0.4, -0.2) is 60.7 Å². The Bertz CT molecular complexity index is 257. The van der Waals surface area contributed by atoms with E-state index in [2.05, 4.69) is 12.2 Å². The molecular formula is C12H22N2O2S. The van der Waals surface area contributed by atoms with Gasteiger partial charge in [-0.25, -0.2) is 0 Å². The Morgan fingerprint density at radius 2 is 2.24 bits per heavy atom. The summed E-state index contributed by atoms with van der Waals surface area (Å²) in [6.45, 7) is 5.98. The van der Waals surface area contributed by atoms with E-state index in [0.29, 0.717) is 25.7 Å². The number of thioether (sulfide) groups is 1. The Hall–Kier alpha value is -0.260. The average molecular weight is 258 g/mol. The quantitative estimate of drug-likeness (QED) is 0.807. The molecule has 2 rings (SSSR count). The molecule has 0 radical (unpaired) electrons. The molecule has 17 heavy (non-hydrogen) atoms. The first-order valence-electron chi connectivity index (χ1n) is 6.46. The van der Waals surface area contributed by atoms with Crippen molar-refractivity contribution in [3.05, 3.63) is 0 Å². The van der Waals surface area contributed by atoms with Crippen LogP contribution in [0.15, 0.2) is 0 Å². The van der Waals surface area contributed by atoms with Gasteiger partial charge in [-0.15, -0.1) is 0 Å². The molecule has 4 nitrogen and oxygen atoms in total. The zero-order valence-corrected chi connectivity index (χ0v) is 11.3. The van der Waals surface area contributed by atoms with Gasteiger partial charge in [-0.3, -0.25) is 4.79 Å². The first-order valence-corrected chi connectivity index (χ1v) is 7.51. The van der Waals surface area contributed by atoms with Gasteiger partial charge < -0.3 is 15.0 Å². The number of carbonyl (C=O) groups excluding carboxylic acids is 1. The fraction of sp³-hybridized carbons (Fsp3) is 0.917. The molecular weight excluding hydrogens is 236 g/mol. The molecule has 2 aliphatic rings. The Balaban J connectivity index is 1.59. The van der Waals surface area contributed by atoms with Gasteiger partial charge in [-0.1, -0.05) is 6.92 Å². The summed E-state index contributed by atoms with van der Waals surface area (Å²) in [5.74, 6) is 1.45. The van der Waals surface area contributed by atoms with Gasteiger partial charge >= 0.3 is 0 Å². The summed E-state index contributed by atoms with van der Waals surface area (Å²) in [6.07, 6.45) is 1.85. The number of morpholine rings is 1. The molecule has 1 amide bonds. The zero-order chi connectivity index (χ0) is 12.1. The number of nitrogens with one attached hydrogen (secondary N) is 1. The van der Waals surface area contributed by atoms with Crippen molar-refractivity contribution in [3.8, 4) is 0 Å². The largest absolute Gasteiger partial charge is 0.378 e. The fourth-order valence-corrected chi connectivity index (χ4v) is 3.50. The molecule has 5 heteroatoms. The van der Waals surface area contributed by atoms with Crippen LogP contribution >= 0.6 is 11.8 Å². The van der Waals surface area contributed by atoms with Gasteiger partial charge in [-0.05, 0) is 6.42 Å². The maximum absolute atomic E-state index is 11.9. The number of hydrogen-bond donors (Lipinski definition) is 1. The van der Waals surface area contributed by atoms with Crippen LogP contribution in [-0.2, 0) is 9.53 Å². The molecule has 2 saturated heterocycles. The molecule has 0 aliphatic carbocycles. The summed E-state index contributed by atoms with van der Waals surface area (Å²) in [4.78, 5) is 13.8. The first-order chi connectivity index (χ1) is 8.25.